The molecular formula is C37H62F4N6O5. The van der Waals surface area contributed by atoms with E-state index in [1.165, 1.54) is 0 Å². The number of carbonyl (C=O) groups excluding carboxylic acids is 3. The number of hydrogen-bond acceptors (Lipinski definition) is 9. The topological polar surface area (TPSA) is 97.9 Å². The second-order valence-corrected chi connectivity index (χ2v) is 16.5. The summed E-state index contributed by atoms with van der Waals surface area (Å²) in [4.78, 5) is 44.2. The van der Waals surface area contributed by atoms with Crippen molar-refractivity contribution in [3.63, 3.8) is 0 Å². The summed E-state index contributed by atoms with van der Waals surface area (Å²) >= 11 is 0. The second kappa shape index (κ2) is 16.6. The number of nitrogens with zero attached hydrogens (tertiary/aromatic N) is 5. The van der Waals surface area contributed by atoms with Gasteiger partial charge in [0.15, 0.2) is 0 Å². The first kappa shape index (κ1) is 40.9. The third kappa shape index (κ3) is 9.70. The van der Waals surface area contributed by atoms with Gasteiger partial charge in [-0.1, -0.05) is 7.43 Å². The van der Waals surface area contributed by atoms with E-state index < -0.39 is 11.8 Å². The summed E-state index contributed by atoms with van der Waals surface area (Å²) in [6.45, 7) is 11.5. The van der Waals surface area contributed by atoms with Gasteiger partial charge in [0.05, 0.1) is 39.4 Å². The van der Waals surface area contributed by atoms with E-state index in [2.05, 4.69) is 10.2 Å². The Morgan fingerprint density at radius 3 is 1.54 bits per heavy atom. The number of ether oxygens (including phenoxy) is 2. The third-order valence-corrected chi connectivity index (χ3v) is 12.5. The molecule has 0 radical (unpaired) electrons. The van der Waals surface area contributed by atoms with E-state index in [4.69, 9.17) is 9.47 Å². The van der Waals surface area contributed by atoms with Crippen LogP contribution in [0.5, 0.6) is 0 Å². The van der Waals surface area contributed by atoms with Crippen LogP contribution in [0.1, 0.15) is 85.5 Å². The van der Waals surface area contributed by atoms with E-state index >= 15 is 0 Å². The number of Topliss-reactive ketones (excluding diaryl/α,β-unsaturated/α-hetero) is 1. The summed E-state index contributed by atoms with van der Waals surface area (Å²) in [5.74, 6) is -4.52. The molecule has 2 spiro atoms. The van der Waals surface area contributed by atoms with Crippen molar-refractivity contribution in [3.05, 3.63) is 0 Å². The lowest BCUT2D eigenvalue weighted by molar-refractivity contribution is -0.153. The van der Waals surface area contributed by atoms with Gasteiger partial charge in [-0.15, -0.1) is 0 Å². The normalized spacial score (nSPS) is 31.1. The van der Waals surface area contributed by atoms with Gasteiger partial charge in [-0.05, 0) is 96.8 Å². The zero-order chi connectivity index (χ0) is 36.4. The molecule has 0 atom stereocenters. The highest BCUT2D eigenvalue weighted by molar-refractivity contribution is 5.86. The van der Waals surface area contributed by atoms with Crippen molar-refractivity contribution in [1.29, 1.82) is 0 Å². The minimum absolute atomic E-state index is 0. The van der Waals surface area contributed by atoms with Crippen LogP contribution in [0.25, 0.3) is 0 Å². The SMILES string of the molecule is C.CCOC(=O)N1CCC2(CC(=O)C2)C1.CCOC(=O)N1CCC2(CC(N3CCC(N4CC(F)(F)C4)CC3)C2)C1.FC1(F)CN(C2CCNCC2)C1. The monoisotopic (exact) mass is 746 g/mol. The van der Waals surface area contributed by atoms with Gasteiger partial charge in [-0.25, -0.2) is 27.2 Å². The van der Waals surface area contributed by atoms with Crippen LogP contribution in [0.3, 0.4) is 0 Å². The molecule has 298 valence electrons. The maximum absolute atomic E-state index is 13.0. The zero-order valence-electron chi connectivity index (χ0n) is 30.5. The van der Waals surface area contributed by atoms with Crippen LogP contribution >= 0.6 is 0 Å². The summed E-state index contributed by atoms with van der Waals surface area (Å²) in [6, 6.07) is 1.36. The molecule has 1 N–H and O–H groups in total. The van der Waals surface area contributed by atoms with E-state index in [9.17, 15) is 31.9 Å². The number of ketones is 1. The largest absolute Gasteiger partial charge is 0.450 e. The van der Waals surface area contributed by atoms with Crippen molar-refractivity contribution in [2.45, 2.75) is 115 Å². The van der Waals surface area contributed by atoms with Gasteiger partial charge in [0.1, 0.15) is 5.78 Å². The quantitative estimate of drug-likeness (QED) is 0.393. The van der Waals surface area contributed by atoms with Gasteiger partial charge >= 0.3 is 12.2 Å². The highest BCUT2D eigenvalue weighted by Crippen LogP contribution is 2.51. The number of amides is 2. The molecule has 8 fully saturated rings. The number of piperidine rings is 2. The maximum atomic E-state index is 13.0. The molecule has 0 aromatic rings. The van der Waals surface area contributed by atoms with Crippen molar-refractivity contribution in [1.82, 2.24) is 29.8 Å². The molecule has 52 heavy (non-hydrogen) atoms. The molecule has 2 aliphatic carbocycles. The Hall–Kier alpha value is -2.23. The Balaban J connectivity index is 0.000000164. The maximum Gasteiger partial charge on any atom is 0.409 e. The number of rotatable bonds is 5. The number of carbonyl (C=O) groups is 3. The fraction of sp³-hybridized carbons (Fsp3) is 0.919. The van der Waals surface area contributed by atoms with E-state index in [0.29, 0.717) is 61.9 Å². The van der Waals surface area contributed by atoms with Crippen LogP contribution < -0.4 is 5.32 Å². The van der Waals surface area contributed by atoms with E-state index in [1.54, 1.807) is 11.8 Å². The first-order valence-corrected chi connectivity index (χ1v) is 19.3. The minimum Gasteiger partial charge on any atom is -0.450 e. The fourth-order valence-electron chi connectivity index (χ4n) is 9.62. The number of likely N-dealkylation sites (tertiary alicyclic amines) is 5. The first-order chi connectivity index (χ1) is 24.2. The van der Waals surface area contributed by atoms with Crippen LogP contribution in [-0.2, 0) is 14.3 Å². The van der Waals surface area contributed by atoms with Gasteiger partial charge in [0, 0.05) is 62.6 Å². The molecule has 8 aliphatic rings. The fourth-order valence-corrected chi connectivity index (χ4v) is 9.62. The first-order valence-electron chi connectivity index (χ1n) is 19.3. The Morgan fingerprint density at radius 1 is 0.654 bits per heavy atom. The van der Waals surface area contributed by atoms with E-state index in [0.717, 1.165) is 97.2 Å². The highest BCUT2D eigenvalue weighted by atomic mass is 19.3. The Kier molecular flexibility index (Phi) is 13.1. The summed E-state index contributed by atoms with van der Waals surface area (Å²) in [5, 5.41) is 3.22. The Morgan fingerprint density at radius 2 is 1.10 bits per heavy atom. The van der Waals surface area contributed by atoms with Gasteiger partial charge in [0.2, 0.25) is 0 Å². The van der Waals surface area contributed by atoms with Gasteiger partial charge in [-0.3, -0.25) is 14.6 Å². The van der Waals surface area contributed by atoms with Crippen LogP contribution in [0.15, 0.2) is 0 Å². The molecule has 2 amide bonds. The molecule has 0 aromatic heterocycles. The lowest BCUT2D eigenvalue weighted by Crippen LogP contribution is -2.62. The Bertz CT molecular complexity index is 1220. The molecule has 2 saturated carbocycles. The predicted molar refractivity (Wildman–Crippen MR) is 189 cm³/mol. The number of alkyl halides is 4. The van der Waals surface area contributed by atoms with Crippen molar-refractivity contribution >= 4 is 18.0 Å². The lowest BCUT2D eigenvalue weighted by atomic mass is 9.64. The van der Waals surface area contributed by atoms with E-state index in [1.807, 2.05) is 21.6 Å². The summed E-state index contributed by atoms with van der Waals surface area (Å²) < 4.78 is 61.1. The predicted octanol–water partition coefficient (Wildman–Crippen LogP) is 4.94. The summed E-state index contributed by atoms with van der Waals surface area (Å²) in [5.41, 5.74) is 0.414. The molecule has 8 rings (SSSR count). The van der Waals surface area contributed by atoms with Crippen LogP contribution in [0.4, 0.5) is 27.2 Å². The highest BCUT2D eigenvalue weighted by Gasteiger charge is 2.53. The molecule has 15 heteroatoms. The van der Waals surface area contributed by atoms with Crippen LogP contribution in [-0.4, -0.2) is 164 Å². The molecule has 11 nitrogen and oxygen atoms in total. The van der Waals surface area contributed by atoms with Crippen molar-refractivity contribution in [2.24, 2.45) is 10.8 Å². The third-order valence-electron chi connectivity index (χ3n) is 12.5. The van der Waals surface area contributed by atoms with Crippen LogP contribution in [0.2, 0.25) is 0 Å². The Labute approximate surface area is 307 Å². The lowest BCUT2D eigenvalue weighted by Gasteiger charge is -2.53. The van der Waals surface area contributed by atoms with Crippen molar-refractivity contribution < 1.29 is 41.4 Å². The standard InChI is InChI=1S/C18H29F2N3O2.C10H15NO3.C8H14F2N2.CH4/c1-2-25-16(24)22-8-5-17(11-22)9-15(10-17)21-6-3-14(4-7-21)23-12-18(19,20)13-23;1-2-14-9(13)11-4-3-10(7-11)5-8(12)6-10;9-8(10)5-12(6-8)7-1-3-11-4-2-7;/h14-15H,2-13H2,1H3;2-7H2,1H3;7,11H,1-6H2;1H4. The smallest absolute Gasteiger partial charge is 0.409 e. The molecule has 6 aliphatic heterocycles. The van der Waals surface area contributed by atoms with Crippen LogP contribution in [0, 0.1) is 10.8 Å². The minimum atomic E-state index is -2.45. The average molecular weight is 747 g/mol. The number of hydrogen-bond donors (Lipinski definition) is 1. The number of nitrogens with one attached hydrogen (secondary N) is 1. The summed E-state index contributed by atoms with van der Waals surface area (Å²) in [6.07, 6.45) is 9.34. The van der Waals surface area contributed by atoms with Crippen molar-refractivity contribution in [3.8, 4) is 0 Å². The second-order valence-electron chi connectivity index (χ2n) is 16.5. The van der Waals surface area contributed by atoms with Crippen molar-refractivity contribution in [2.75, 3.05) is 91.8 Å². The number of halogens is 4. The molecule has 6 heterocycles. The molecule has 6 saturated heterocycles. The molecule has 0 aromatic carbocycles. The zero-order valence-corrected chi connectivity index (χ0v) is 30.5. The van der Waals surface area contributed by atoms with Gasteiger partial charge in [-0.2, -0.15) is 0 Å². The van der Waals surface area contributed by atoms with E-state index in [-0.39, 0.29) is 51.2 Å². The molecular weight excluding hydrogens is 684 g/mol. The molecule has 0 unspecified atom stereocenters. The average Bonchev–Trinajstić information content (AvgIpc) is 3.70. The molecule has 0 bridgehead atoms. The summed E-state index contributed by atoms with van der Waals surface area (Å²) in [7, 11) is 0. The van der Waals surface area contributed by atoms with Gasteiger partial charge < -0.3 is 29.5 Å². The van der Waals surface area contributed by atoms with Gasteiger partial charge in [0.25, 0.3) is 11.8 Å².